The number of hydrogen-bond donors (Lipinski definition) is 2. The molecule has 0 aromatic heterocycles. The van der Waals surface area contributed by atoms with Crippen LogP contribution in [0, 0.1) is 5.92 Å². The van der Waals surface area contributed by atoms with Gasteiger partial charge in [-0.2, -0.15) is 0 Å². The summed E-state index contributed by atoms with van der Waals surface area (Å²) in [4.78, 5) is 0. The van der Waals surface area contributed by atoms with E-state index in [-0.39, 0.29) is 0 Å². The second kappa shape index (κ2) is 8.22. The van der Waals surface area contributed by atoms with E-state index in [2.05, 4.69) is 19.2 Å². The molecule has 0 heterocycles. The van der Waals surface area contributed by atoms with Gasteiger partial charge in [0.15, 0.2) is 0 Å². The zero-order valence-corrected chi connectivity index (χ0v) is 12.0. The summed E-state index contributed by atoms with van der Waals surface area (Å²) in [5.41, 5.74) is 0. The van der Waals surface area contributed by atoms with Gasteiger partial charge in [0.2, 0.25) is 0 Å². The molecule has 0 bridgehead atoms. The average molecular weight is 261 g/mol. The Morgan fingerprint density at radius 1 is 1.47 bits per heavy atom. The molecular formula is C13H27NO2S. The van der Waals surface area contributed by atoms with Gasteiger partial charge in [-0.1, -0.05) is 26.7 Å². The van der Waals surface area contributed by atoms with Crippen molar-refractivity contribution in [2.75, 3.05) is 18.8 Å². The maximum atomic E-state index is 12.1. The molecule has 1 rings (SSSR count). The van der Waals surface area contributed by atoms with Crippen molar-refractivity contribution in [2.24, 2.45) is 5.92 Å². The van der Waals surface area contributed by atoms with E-state index in [1.807, 2.05) is 0 Å². The minimum Gasteiger partial charge on any atom is -0.391 e. The van der Waals surface area contributed by atoms with Crippen LogP contribution in [-0.2, 0) is 10.8 Å². The van der Waals surface area contributed by atoms with Crippen LogP contribution < -0.4 is 5.32 Å². The lowest BCUT2D eigenvalue weighted by atomic mass is 9.91. The van der Waals surface area contributed by atoms with E-state index in [1.54, 1.807) is 0 Å². The molecule has 1 fully saturated rings. The average Bonchev–Trinajstić information content (AvgIpc) is 2.29. The Bertz CT molecular complexity index is 235. The molecule has 4 atom stereocenters. The lowest BCUT2D eigenvalue weighted by Crippen LogP contribution is -2.35. The fourth-order valence-corrected chi connectivity index (χ4v) is 4.19. The van der Waals surface area contributed by atoms with Crippen molar-refractivity contribution in [1.29, 1.82) is 0 Å². The molecule has 0 radical (unpaired) electrons. The molecule has 17 heavy (non-hydrogen) atoms. The maximum absolute atomic E-state index is 12.1. The molecule has 102 valence electrons. The number of nitrogens with one attached hydrogen (secondary N) is 1. The van der Waals surface area contributed by atoms with Crippen LogP contribution in [0.5, 0.6) is 0 Å². The van der Waals surface area contributed by atoms with Crippen LogP contribution in [0.1, 0.15) is 46.0 Å². The number of aliphatic hydroxyl groups excluding tert-OH is 1. The van der Waals surface area contributed by atoms with Gasteiger partial charge in [-0.3, -0.25) is 4.21 Å². The quantitative estimate of drug-likeness (QED) is 0.686. The van der Waals surface area contributed by atoms with E-state index in [1.165, 1.54) is 12.8 Å². The first-order valence-electron chi connectivity index (χ1n) is 6.89. The van der Waals surface area contributed by atoms with Crippen molar-refractivity contribution in [3.8, 4) is 0 Å². The van der Waals surface area contributed by atoms with Gasteiger partial charge in [0.05, 0.1) is 11.9 Å². The Morgan fingerprint density at radius 3 is 2.88 bits per heavy atom. The highest BCUT2D eigenvalue weighted by Crippen LogP contribution is 2.27. The van der Waals surface area contributed by atoms with Gasteiger partial charge >= 0.3 is 0 Å². The minimum absolute atomic E-state index is 0.319. The number of aliphatic hydroxyl groups is 1. The van der Waals surface area contributed by atoms with Crippen LogP contribution in [0.3, 0.4) is 0 Å². The molecule has 1 aliphatic carbocycles. The van der Waals surface area contributed by atoms with Crippen LogP contribution in [0.4, 0.5) is 0 Å². The molecule has 3 nitrogen and oxygen atoms in total. The standard InChI is InChI=1S/C13H27NO2S/c1-3-7-14-9-12(15)10-17(16)13-6-4-5-11(2)8-13/h11-15H,3-10H2,1-2H3. The van der Waals surface area contributed by atoms with Gasteiger partial charge in [-0.25, -0.2) is 0 Å². The highest BCUT2D eigenvalue weighted by Gasteiger charge is 2.25. The first-order chi connectivity index (χ1) is 8.13. The lowest BCUT2D eigenvalue weighted by molar-refractivity contribution is 0.194. The fourth-order valence-electron chi connectivity index (χ4n) is 2.45. The lowest BCUT2D eigenvalue weighted by Gasteiger charge is -2.26. The van der Waals surface area contributed by atoms with Crippen molar-refractivity contribution >= 4 is 10.8 Å². The van der Waals surface area contributed by atoms with Gasteiger partial charge in [0.25, 0.3) is 0 Å². The van der Waals surface area contributed by atoms with Crippen molar-refractivity contribution in [2.45, 2.75) is 57.3 Å². The SMILES string of the molecule is CCCNCC(O)CS(=O)C1CCCC(C)C1. The molecule has 1 aliphatic rings. The van der Waals surface area contributed by atoms with E-state index in [0.29, 0.717) is 23.5 Å². The predicted octanol–water partition coefficient (Wildman–Crippen LogP) is 1.67. The van der Waals surface area contributed by atoms with Crippen LogP contribution in [0.2, 0.25) is 0 Å². The summed E-state index contributed by atoms with van der Waals surface area (Å²) >= 11 is 0. The molecule has 0 aromatic rings. The van der Waals surface area contributed by atoms with Gasteiger partial charge in [0.1, 0.15) is 0 Å². The van der Waals surface area contributed by atoms with Crippen LogP contribution in [0.25, 0.3) is 0 Å². The largest absolute Gasteiger partial charge is 0.391 e. The zero-order valence-electron chi connectivity index (χ0n) is 11.2. The molecule has 2 N–H and O–H groups in total. The number of rotatable bonds is 7. The third kappa shape index (κ3) is 5.98. The third-order valence-electron chi connectivity index (χ3n) is 3.42. The normalized spacial score (nSPS) is 28.9. The van der Waals surface area contributed by atoms with E-state index in [0.717, 1.165) is 25.8 Å². The van der Waals surface area contributed by atoms with Gasteiger partial charge < -0.3 is 10.4 Å². The Labute approximate surface area is 108 Å². The first-order valence-corrected chi connectivity index (χ1v) is 8.27. The molecular weight excluding hydrogens is 234 g/mol. The highest BCUT2D eigenvalue weighted by molar-refractivity contribution is 7.85. The minimum atomic E-state index is -0.853. The molecule has 4 heteroatoms. The summed E-state index contributed by atoms with van der Waals surface area (Å²) in [6.45, 7) is 5.83. The van der Waals surface area contributed by atoms with Crippen molar-refractivity contribution in [3.63, 3.8) is 0 Å². The summed E-state index contributed by atoms with van der Waals surface area (Å²) < 4.78 is 12.1. The summed E-state index contributed by atoms with van der Waals surface area (Å²) in [5.74, 6) is 1.14. The van der Waals surface area contributed by atoms with Crippen LogP contribution in [0.15, 0.2) is 0 Å². The van der Waals surface area contributed by atoms with Gasteiger partial charge in [-0.05, 0) is 31.7 Å². The molecule has 0 spiro atoms. The molecule has 4 unspecified atom stereocenters. The van der Waals surface area contributed by atoms with E-state index in [4.69, 9.17) is 0 Å². The number of hydrogen-bond acceptors (Lipinski definition) is 3. The van der Waals surface area contributed by atoms with Gasteiger partial charge in [-0.15, -0.1) is 0 Å². The van der Waals surface area contributed by atoms with E-state index in [9.17, 15) is 9.32 Å². The van der Waals surface area contributed by atoms with E-state index >= 15 is 0 Å². The molecule has 0 amide bonds. The summed E-state index contributed by atoms with van der Waals surface area (Å²) in [6, 6.07) is 0. The van der Waals surface area contributed by atoms with Crippen molar-refractivity contribution in [1.82, 2.24) is 5.32 Å². The van der Waals surface area contributed by atoms with Gasteiger partial charge in [0, 0.05) is 22.6 Å². The summed E-state index contributed by atoms with van der Waals surface area (Å²) in [5, 5.41) is 13.3. The van der Waals surface area contributed by atoms with E-state index < -0.39 is 16.9 Å². The van der Waals surface area contributed by atoms with Crippen LogP contribution in [-0.4, -0.2) is 39.5 Å². The molecule has 0 aliphatic heterocycles. The Balaban J connectivity index is 2.22. The second-order valence-electron chi connectivity index (χ2n) is 5.30. The summed E-state index contributed by atoms with van der Waals surface area (Å²) in [6.07, 6.45) is 5.22. The second-order valence-corrected chi connectivity index (χ2v) is 7.06. The third-order valence-corrected chi connectivity index (χ3v) is 5.31. The fraction of sp³-hybridized carbons (Fsp3) is 1.00. The smallest absolute Gasteiger partial charge is 0.0779 e. The Morgan fingerprint density at radius 2 is 2.24 bits per heavy atom. The topological polar surface area (TPSA) is 49.3 Å². The van der Waals surface area contributed by atoms with Crippen molar-refractivity contribution < 1.29 is 9.32 Å². The van der Waals surface area contributed by atoms with Crippen molar-refractivity contribution in [3.05, 3.63) is 0 Å². The molecule has 0 aromatic carbocycles. The maximum Gasteiger partial charge on any atom is 0.0779 e. The Hall–Kier alpha value is 0.0700. The molecule has 1 saturated carbocycles. The zero-order chi connectivity index (χ0) is 12.7. The highest BCUT2D eigenvalue weighted by atomic mass is 32.2. The monoisotopic (exact) mass is 261 g/mol. The van der Waals surface area contributed by atoms with Crippen LogP contribution >= 0.6 is 0 Å². The first kappa shape index (κ1) is 15.1. The predicted molar refractivity (Wildman–Crippen MR) is 73.6 cm³/mol. The summed E-state index contributed by atoms with van der Waals surface area (Å²) in [7, 11) is -0.853. The Kier molecular flexibility index (Phi) is 7.32. The molecule has 0 saturated heterocycles.